The molecule has 2 aromatic carbocycles. The highest BCUT2D eigenvalue weighted by molar-refractivity contribution is 6.35. The molecule has 3 aromatic rings. The highest BCUT2D eigenvalue weighted by Gasteiger charge is 2.10. The van der Waals surface area contributed by atoms with E-state index in [0.29, 0.717) is 34.6 Å². The quantitative estimate of drug-likeness (QED) is 0.412. The van der Waals surface area contributed by atoms with Crippen LogP contribution in [0.25, 0.3) is 11.3 Å². The average Bonchev–Trinajstić information content (AvgIpc) is 2.71. The number of hydrogen-bond acceptors (Lipinski definition) is 4. The summed E-state index contributed by atoms with van der Waals surface area (Å²) < 4.78 is 5.76. The average molecular weight is 432 g/mol. The van der Waals surface area contributed by atoms with Gasteiger partial charge in [0.15, 0.2) is 0 Å². The van der Waals surface area contributed by atoms with Crippen molar-refractivity contribution in [1.29, 1.82) is 0 Å². The van der Waals surface area contributed by atoms with E-state index in [-0.39, 0.29) is 5.56 Å². The van der Waals surface area contributed by atoms with Crippen LogP contribution in [0.5, 0.6) is 5.75 Å². The van der Waals surface area contributed by atoms with Gasteiger partial charge in [0.2, 0.25) is 0 Å². The summed E-state index contributed by atoms with van der Waals surface area (Å²) in [5.74, 6) is 0.816. The van der Waals surface area contributed by atoms with Gasteiger partial charge in [-0.1, -0.05) is 49.0 Å². The first kappa shape index (κ1) is 21.2. The molecule has 1 aromatic heterocycles. The van der Waals surface area contributed by atoms with Crippen LogP contribution in [-0.2, 0) is 6.54 Å². The second-order valence-corrected chi connectivity index (χ2v) is 7.51. The molecule has 0 saturated carbocycles. The highest BCUT2D eigenvalue weighted by atomic mass is 35.5. The summed E-state index contributed by atoms with van der Waals surface area (Å²) in [6.07, 6.45) is 3.37. The monoisotopic (exact) mass is 431 g/mol. The van der Waals surface area contributed by atoms with E-state index in [1.165, 1.54) is 6.07 Å². The maximum Gasteiger partial charge on any atom is 0.266 e. The molecule has 0 spiro atoms. The van der Waals surface area contributed by atoms with E-state index in [0.717, 1.165) is 36.1 Å². The molecule has 0 aliphatic carbocycles. The van der Waals surface area contributed by atoms with Gasteiger partial charge in [-0.2, -0.15) is 5.10 Å². The standard InChI is InChI=1S/C22H23Cl2N3O2/c1-2-3-4-11-29-18-9-6-15(7-10-18)22-20(13-21(28)26-27-22)25-14-16-5-8-17(23)12-19(16)24/h5-10,12-13H,2-4,11,14H2,1H3,(H2,25,26,28). The van der Waals surface area contributed by atoms with Crippen LogP contribution >= 0.6 is 23.2 Å². The van der Waals surface area contributed by atoms with Crippen molar-refractivity contribution in [2.45, 2.75) is 32.7 Å². The Kier molecular flexibility index (Phi) is 7.55. The molecule has 0 aliphatic rings. The van der Waals surface area contributed by atoms with E-state index >= 15 is 0 Å². The van der Waals surface area contributed by atoms with E-state index in [4.69, 9.17) is 27.9 Å². The Balaban J connectivity index is 1.75. The van der Waals surface area contributed by atoms with Crippen molar-refractivity contribution in [1.82, 2.24) is 10.2 Å². The van der Waals surface area contributed by atoms with Crippen LogP contribution in [0.1, 0.15) is 31.7 Å². The Hall–Kier alpha value is -2.50. The van der Waals surface area contributed by atoms with Crippen LogP contribution in [-0.4, -0.2) is 16.8 Å². The first-order valence-corrected chi connectivity index (χ1v) is 10.3. The van der Waals surface area contributed by atoms with Gasteiger partial charge >= 0.3 is 0 Å². The van der Waals surface area contributed by atoms with Gasteiger partial charge < -0.3 is 10.1 Å². The molecule has 5 nitrogen and oxygen atoms in total. The zero-order valence-corrected chi connectivity index (χ0v) is 17.7. The van der Waals surface area contributed by atoms with Crippen molar-refractivity contribution in [2.24, 2.45) is 0 Å². The lowest BCUT2D eigenvalue weighted by atomic mass is 10.1. The lowest BCUT2D eigenvalue weighted by Crippen LogP contribution is -2.12. The number of unbranched alkanes of at least 4 members (excludes halogenated alkanes) is 2. The zero-order chi connectivity index (χ0) is 20.6. The van der Waals surface area contributed by atoms with Crippen molar-refractivity contribution >= 4 is 28.9 Å². The molecule has 0 amide bonds. The normalized spacial score (nSPS) is 10.7. The molecule has 2 N–H and O–H groups in total. The molecule has 0 aliphatic heterocycles. The Bertz CT molecular complexity index is 1000. The molecular formula is C22H23Cl2N3O2. The third kappa shape index (κ3) is 5.99. The van der Waals surface area contributed by atoms with E-state index < -0.39 is 0 Å². The van der Waals surface area contributed by atoms with E-state index in [2.05, 4.69) is 22.4 Å². The lowest BCUT2D eigenvalue weighted by molar-refractivity contribution is 0.306. The van der Waals surface area contributed by atoms with E-state index in [9.17, 15) is 4.79 Å². The number of anilines is 1. The molecule has 1 heterocycles. The summed E-state index contributed by atoms with van der Waals surface area (Å²) in [6.45, 7) is 3.31. The Labute approximate surface area is 180 Å². The second kappa shape index (κ2) is 10.3. The number of aromatic amines is 1. The van der Waals surface area contributed by atoms with Crippen LogP contribution in [0.4, 0.5) is 5.69 Å². The van der Waals surface area contributed by atoms with Crippen LogP contribution in [0.2, 0.25) is 10.0 Å². The molecule has 0 unspecified atom stereocenters. The van der Waals surface area contributed by atoms with Crippen LogP contribution in [0.15, 0.2) is 53.3 Å². The van der Waals surface area contributed by atoms with Crippen molar-refractivity contribution in [3.8, 4) is 17.0 Å². The number of hydrogen-bond donors (Lipinski definition) is 2. The SMILES string of the molecule is CCCCCOc1ccc(-c2n[nH]c(=O)cc2NCc2ccc(Cl)cc2Cl)cc1. The zero-order valence-electron chi connectivity index (χ0n) is 16.2. The van der Waals surface area contributed by atoms with Gasteiger partial charge in [-0.3, -0.25) is 4.79 Å². The van der Waals surface area contributed by atoms with E-state index in [1.54, 1.807) is 12.1 Å². The molecular weight excluding hydrogens is 409 g/mol. The van der Waals surface area contributed by atoms with Gasteiger partial charge in [-0.05, 0) is 48.4 Å². The van der Waals surface area contributed by atoms with Gasteiger partial charge in [0.1, 0.15) is 11.4 Å². The number of rotatable bonds is 9. The summed E-state index contributed by atoms with van der Waals surface area (Å²) >= 11 is 12.2. The number of benzene rings is 2. The third-order valence-electron chi connectivity index (χ3n) is 4.44. The number of nitrogens with one attached hydrogen (secondary N) is 2. The van der Waals surface area contributed by atoms with Crippen molar-refractivity contribution < 1.29 is 4.74 Å². The van der Waals surface area contributed by atoms with Crippen molar-refractivity contribution in [2.75, 3.05) is 11.9 Å². The molecule has 0 radical (unpaired) electrons. The van der Waals surface area contributed by atoms with Crippen molar-refractivity contribution in [3.63, 3.8) is 0 Å². The van der Waals surface area contributed by atoms with Crippen LogP contribution in [0.3, 0.4) is 0 Å². The minimum Gasteiger partial charge on any atom is -0.494 e. The molecule has 152 valence electrons. The Morgan fingerprint density at radius 1 is 1.07 bits per heavy atom. The van der Waals surface area contributed by atoms with Gasteiger partial charge in [0.05, 0.1) is 12.3 Å². The van der Waals surface area contributed by atoms with Crippen LogP contribution < -0.4 is 15.6 Å². The molecule has 29 heavy (non-hydrogen) atoms. The Morgan fingerprint density at radius 2 is 1.86 bits per heavy atom. The number of halogens is 2. The summed E-state index contributed by atoms with van der Waals surface area (Å²) in [7, 11) is 0. The van der Waals surface area contributed by atoms with Gasteiger partial charge in [-0.25, -0.2) is 5.10 Å². The second-order valence-electron chi connectivity index (χ2n) is 6.66. The first-order chi connectivity index (χ1) is 14.1. The maximum atomic E-state index is 11.8. The third-order valence-corrected chi connectivity index (χ3v) is 5.02. The molecule has 0 fully saturated rings. The molecule has 7 heteroatoms. The van der Waals surface area contributed by atoms with Crippen LogP contribution in [0, 0.1) is 0 Å². The number of nitrogens with zero attached hydrogens (tertiary/aromatic N) is 1. The lowest BCUT2D eigenvalue weighted by Gasteiger charge is -2.12. The van der Waals surface area contributed by atoms with Gasteiger partial charge in [0, 0.05) is 28.2 Å². The Morgan fingerprint density at radius 3 is 2.59 bits per heavy atom. The van der Waals surface area contributed by atoms with Gasteiger partial charge in [0.25, 0.3) is 5.56 Å². The summed E-state index contributed by atoms with van der Waals surface area (Å²) in [6, 6.07) is 14.5. The predicted molar refractivity (Wildman–Crippen MR) is 119 cm³/mol. The number of aromatic nitrogens is 2. The van der Waals surface area contributed by atoms with Crippen molar-refractivity contribution in [3.05, 3.63) is 74.5 Å². The fraction of sp³-hybridized carbons (Fsp3) is 0.273. The minimum atomic E-state index is -0.283. The van der Waals surface area contributed by atoms with Gasteiger partial charge in [-0.15, -0.1) is 0 Å². The molecule has 0 atom stereocenters. The topological polar surface area (TPSA) is 67.0 Å². The summed E-state index contributed by atoms with van der Waals surface area (Å²) in [5, 5.41) is 11.1. The largest absolute Gasteiger partial charge is 0.494 e. The minimum absolute atomic E-state index is 0.283. The first-order valence-electron chi connectivity index (χ1n) is 9.57. The predicted octanol–water partition coefficient (Wildman–Crippen LogP) is 5.92. The molecule has 0 saturated heterocycles. The number of ether oxygens (including phenoxy) is 1. The maximum absolute atomic E-state index is 11.8. The summed E-state index contributed by atoms with van der Waals surface area (Å²) in [5.41, 5.74) is 2.72. The molecule has 3 rings (SSSR count). The smallest absolute Gasteiger partial charge is 0.266 e. The fourth-order valence-electron chi connectivity index (χ4n) is 2.86. The van der Waals surface area contributed by atoms with E-state index in [1.807, 2.05) is 30.3 Å². The number of H-pyrrole nitrogens is 1. The fourth-order valence-corrected chi connectivity index (χ4v) is 3.34. The molecule has 0 bridgehead atoms. The highest BCUT2D eigenvalue weighted by Crippen LogP contribution is 2.27. The summed E-state index contributed by atoms with van der Waals surface area (Å²) in [4.78, 5) is 11.8.